The van der Waals surface area contributed by atoms with Crippen LogP contribution in [0.3, 0.4) is 0 Å². The molecule has 0 bridgehead atoms. The Bertz CT molecular complexity index is 926. The van der Waals surface area contributed by atoms with E-state index >= 15 is 0 Å². The van der Waals surface area contributed by atoms with Crippen molar-refractivity contribution < 1.29 is 19.1 Å². The van der Waals surface area contributed by atoms with Gasteiger partial charge in [-0.25, -0.2) is 10.2 Å². The van der Waals surface area contributed by atoms with Crippen LogP contribution in [0, 0.1) is 12.3 Å². The van der Waals surface area contributed by atoms with E-state index < -0.39 is 12.1 Å². The number of nitrogens with zero attached hydrogens (tertiary/aromatic N) is 1. The summed E-state index contributed by atoms with van der Waals surface area (Å²) in [4.78, 5) is 24.2. The molecule has 0 saturated heterocycles. The van der Waals surface area contributed by atoms with Gasteiger partial charge in [-0.1, -0.05) is 52.2 Å². The Labute approximate surface area is 184 Å². The molecule has 0 spiro atoms. The van der Waals surface area contributed by atoms with Crippen LogP contribution in [0.4, 0.5) is 4.79 Å². The van der Waals surface area contributed by atoms with Crippen molar-refractivity contribution >= 4 is 34.1 Å². The van der Waals surface area contributed by atoms with Crippen LogP contribution in [0.5, 0.6) is 5.75 Å². The maximum atomic E-state index is 12.4. The van der Waals surface area contributed by atoms with Gasteiger partial charge in [-0.05, 0) is 30.7 Å². The van der Waals surface area contributed by atoms with E-state index in [2.05, 4.69) is 37.7 Å². The first-order valence-corrected chi connectivity index (χ1v) is 9.98. The highest BCUT2D eigenvalue weighted by atomic mass is 79.9. The molecular weight excluding hydrogens is 450 g/mol. The van der Waals surface area contributed by atoms with E-state index in [0.29, 0.717) is 11.3 Å². The fourth-order valence-electron chi connectivity index (χ4n) is 2.53. The third kappa shape index (κ3) is 7.60. The van der Waals surface area contributed by atoms with Crippen LogP contribution in [-0.4, -0.2) is 31.4 Å². The smallest absolute Gasteiger partial charge is 0.407 e. The van der Waals surface area contributed by atoms with E-state index in [1.165, 1.54) is 6.21 Å². The summed E-state index contributed by atoms with van der Waals surface area (Å²) >= 11 is 3.38. The maximum Gasteiger partial charge on any atom is 0.407 e. The van der Waals surface area contributed by atoms with Crippen LogP contribution in [0.25, 0.3) is 0 Å². The number of alkyl carbamates (subject to hydrolysis) is 1. The third-order valence-corrected chi connectivity index (χ3v) is 4.33. The van der Waals surface area contributed by atoms with Crippen molar-refractivity contribution in [3.05, 3.63) is 64.1 Å². The van der Waals surface area contributed by atoms with Crippen LogP contribution in [0.15, 0.2) is 58.1 Å². The molecule has 8 heteroatoms. The number of hydrogen-bond donors (Lipinski definition) is 2. The van der Waals surface area contributed by atoms with Crippen molar-refractivity contribution in [1.29, 1.82) is 0 Å². The molecule has 2 amide bonds. The van der Waals surface area contributed by atoms with Crippen LogP contribution >= 0.6 is 15.9 Å². The summed E-state index contributed by atoms with van der Waals surface area (Å²) in [7, 11) is 0. The van der Waals surface area contributed by atoms with Gasteiger partial charge in [0.15, 0.2) is 0 Å². The Morgan fingerprint density at radius 1 is 1.27 bits per heavy atom. The maximum absolute atomic E-state index is 12.4. The van der Waals surface area contributed by atoms with Crippen LogP contribution < -0.4 is 15.5 Å². The normalized spacial score (nSPS) is 11.4. The molecule has 0 heterocycles. The molecule has 0 aliphatic rings. The number of ether oxygens (including phenoxy) is 2. The number of rotatable bonds is 9. The molecule has 156 valence electrons. The number of carbonyl (C=O) groups excluding carboxylic acids is 2. The van der Waals surface area contributed by atoms with Gasteiger partial charge in [0.2, 0.25) is 5.91 Å². The van der Waals surface area contributed by atoms with Gasteiger partial charge in [0, 0.05) is 10.0 Å². The Morgan fingerprint density at radius 2 is 2.03 bits per heavy atom. The molecule has 0 fully saturated rings. The Kier molecular flexibility index (Phi) is 9.42. The number of hydrazone groups is 1. The van der Waals surface area contributed by atoms with Gasteiger partial charge in [0.25, 0.3) is 0 Å². The average molecular weight is 472 g/mol. The molecule has 2 N–H and O–H groups in total. The number of halogens is 1. The van der Waals surface area contributed by atoms with E-state index in [1.807, 2.05) is 36.4 Å². The molecule has 2 rings (SSSR count). The Balaban J connectivity index is 2.04. The SMILES string of the molecule is C#CCOc1ccc(Br)cc1/C=N\NC(=O)C[C@H](NC(=O)OCC)c1ccccc1. The topological polar surface area (TPSA) is 89.0 Å². The van der Waals surface area contributed by atoms with E-state index in [0.717, 1.165) is 10.0 Å². The lowest BCUT2D eigenvalue weighted by atomic mass is 10.0. The van der Waals surface area contributed by atoms with Crippen molar-refractivity contribution in [2.24, 2.45) is 5.10 Å². The number of carbonyl (C=O) groups is 2. The molecule has 2 aromatic rings. The first kappa shape index (κ1) is 23.0. The van der Waals surface area contributed by atoms with E-state index in [-0.39, 0.29) is 25.5 Å². The average Bonchev–Trinajstić information content (AvgIpc) is 2.73. The summed E-state index contributed by atoms with van der Waals surface area (Å²) in [6.07, 6.45) is 6.09. The molecule has 7 nitrogen and oxygen atoms in total. The first-order chi connectivity index (χ1) is 14.5. The minimum absolute atomic E-state index is 0.0148. The molecular formula is C22H22BrN3O4. The fourth-order valence-corrected chi connectivity index (χ4v) is 2.91. The lowest BCUT2D eigenvalue weighted by Gasteiger charge is -2.18. The zero-order valence-electron chi connectivity index (χ0n) is 16.4. The van der Waals surface area contributed by atoms with E-state index in [1.54, 1.807) is 19.1 Å². The Hall–Kier alpha value is -3.31. The summed E-state index contributed by atoms with van der Waals surface area (Å²) in [5, 5.41) is 6.69. The Morgan fingerprint density at radius 3 is 2.73 bits per heavy atom. The number of benzene rings is 2. The predicted molar refractivity (Wildman–Crippen MR) is 118 cm³/mol. The lowest BCUT2D eigenvalue weighted by molar-refractivity contribution is -0.121. The third-order valence-electron chi connectivity index (χ3n) is 3.83. The van der Waals surface area contributed by atoms with Crippen molar-refractivity contribution in [3.8, 4) is 18.1 Å². The minimum atomic E-state index is -0.591. The lowest BCUT2D eigenvalue weighted by Crippen LogP contribution is -2.33. The van der Waals surface area contributed by atoms with E-state index in [4.69, 9.17) is 15.9 Å². The van der Waals surface area contributed by atoms with Gasteiger partial charge in [-0.15, -0.1) is 6.42 Å². The van der Waals surface area contributed by atoms with Gasteiger partial charge in [-0.3, -0.25) is 4.79 Å². The monoisotopic (exact) mass is 471 g/mol. The van der Waals surface area contributed by atoms with Crippen LogP contribution in [0.1, 0.15) is 30.5 Å². The fraction of sp³-hybridized carbons (Fsp3) is 0.227. The molecule has 0 unspecified atom stereocenters. The first-order valence-electron chi connectivity index (χ1n) is 9.19. The number of terminal acetylenes is 1. The van der Waals surface area contributed by atoms with Gasteiger partial charge in [0.05, 0.1) is 25.3 Å². The van der Waals surface area contributed by atoms with E-state index in [9.17, 15) is 9.59 Å². The highest BCUT2D eigenvalue weighted by molar-refractivity contribution is 9.10. The molecule has 0 aliphatic carbocycles. The van der Waals surface area contributed by atoms with Crippen molar-refractivity contribution in [1.82, 2.24) is 10.7 Å². The highest BCUT2D eigenvalue weighted by Crippen LogP contribution is 2.22. The molecule has 0 aromatic heterocycles. The second-order valence-electron chi connectivity index (χ2n) is 6.00. The number of hydrogen-bond acceptors (Lipinski definition) is 5. The van der Waals surface area contributed by atoms with Crippen molar-refractivity contribution in [2.45, 2.75) is 19.4 Å². The summed E-state index contributed by atoms with van der Waals surface area (Å²) < 4.78 is 11.2. The number of amides is 2. The van der Waals surface area contributed by atoms with Gasteiger partial charge >= 0.3 is 6.09 Å². The number of nitrogens with one attached hydrogen (secondary N) is 2. The zero-order valence-corrected chi connectivity index (χ0v) is 18.0. The van der Waals surface area contributed by atoms with Crippen molar-refractivity contribution in [3.63, 3.8) is 0 Å². The largest absolute Gasteiger partial charge is 0.480 e. The molecule has 0 aliphatic heterocycles. The highest BCUT2D eigenvalue weighted by Gasteiger charge is 2.18. The van der Waals surface area contributed by atoms with Gasteiger partial charge in [0.1, 0.15) is 12.4 Å². The second-order valence-corrected chi connectivity index (χ2v) is 6.92. The molecule has 0 radical (unpaired) electrons. The summed E-state index contributed by atoms with van der Waals surface area (Å²) in [5.41, 5.74) is 3.89. The minimum Gasteiger partial charge on any atom is -0.480 e. The van der Waals surface area contributed by atoms with Crippen molar-refractivity contribution in [2.75, 3.05) is 13.2 Å². The molecule has 1 atom stereocenters. The molecule has 2 aromatic carbocycles. The second kappa shape index (κ2) is 12.3. The summed E-state index contributed by atoms with van der Waals surface area (Å²) in [6, 6.07) is 14.0. The quantitative estimate of drug-likeness (QED) is 0.330. The standard InChI is InChI=1S/C22H22BrN3O4/c1-3-12-30-20-11-10-18(23)13-17(20)15-24-26-21(27)14-19(25-22(28)29-4-2)16-8-6-5-7-9-16/h1,5-11,13,15,19H,4,12,14H2,2H3,(H,25,28)(H,26,27)/b24-15-/t19-/m0/s1. The molecule has 30 heavy (non-hydrogen) atoms. The molecule has 0 saturated carbocycles. The zero-order chi connectivity index (χ0) is 21.8. The summed E-state index contributed by atoms with van der Waals surface area (Å²) in [6.45, 7) is 2.07. The van der Waals surface area contributed by atoms with Gasteiger partial charge < -0.3 is 14.8 Å². The summed E-state index contributed by atoms with van der Waals surface area (Å²) in [5.74, 6) is 2.57. The van der Waals surface area contributed by atoms with Crippen LogP contribution in [-0.2, 0) is 9.53 Å². The predicted octanol–water partition coefficient (Wildman–Crippen LogP) is 3.79. The van der Waals surface area contributed by atoms with Crippen LogP contribution in [0.2, 0.25) is 0 Å². The van der Waals surface area contributed by atoms with Gasteiger partial charge in [-0.2, -0.15) is 5.10 Å².